The molecule has 1 aliphatic rings. The van der Waals surface area contributed by atoms with Gasteiger partial charge < -0.3 is 15.7 Å². The quantitative estimate of drug-likeness (QED) is 0.879. The lowest BCUT2D eigenvalue weighted by Crippen LogP contribution is -2.36. The van der Waals surface area contributed by atoms with E-state index in [0.717, 1.165) is 37.8 Å². The highest BCUT2D eigenvalue weighted by Crippen LogP contribution is 2.35. The monoisotopic (exact) mass is 302 g/mol. The fourth-order valence-electron chi connectivity index (χ4n) is 3.03. The third kappa shape index (κ3) is 3.68. The lowest BCUT2D eigenvalue weighted by Gasteiger charge is -2.32. The predicted molar refractivity (Wildman–Crippen MR) is 76.0 cm³/mol. The van der Waals surface area contributed by atoms with E-state index in [-0.39, 0.29) is 19.2 Å². The molecule has 6 heteroatoms. The maximum absolute atomic E-state index is 12.8. The van der Waals surface area contributed by atoms with Crippen LogP contribution in [0.1, 0.15) is 36.8 Å². The van der Waals surface area contributed by atoms with Gasteiger partial charge in [-0.3, -0.25) is 0 Å². The Morgan fingerprint density at radius 2 is 1.90 bits per heavy atom. The van der Waals surface area contributed by atoms with E-state index in [4.69, 9.17) is 5.73 Å². The van der Waals surface area contributed by atoms with Crippen LogP contribution in [0.3, 0.4) is 0 Å². The molecule has 0 aliphatic heterocycles. The molecule has 0 radical (unpaired) electrons. The maximum atomic E-state index is 12.8. The van der Waals surface area contributed by atoms with Crippen LogP contribution in [0.2, 0.25) is 0 Å². The van der Waals surface area contributed by atoms with Gasteiger partial charge in [-0.25, -0.2) is 0 Å². The van der Waals surface area contributed by atoms with Crippen molar-refractivity contribution in [2.45, 2.75) is 44.4 Å². The summed E-state index contributed by atoms with van der Waals surface area (Å²) in [6.45, 7) is 0.443. The van der Waals surface area contributed by atoms with Crippen molar-refractivity contribution >= 4 is 5.69 Å². The van der Waals surface area contributed by atoms with E-state index in [1.165, 1.54) is 6.07 Å². The third-order valence-electron chi connectivity index (χ3n) is 4.04. The molecule has 3 N–H and O–H groups in total. The van der Waals surface area contributed by atoms with Crippen LogP contribution in [0.25, 0.3) is 0 Å². The number of anilines is 1. The number of alkyl halides is 3. The molecule has 0 bridgehead atoms. The molecule has 21 heavy (non-hydrogen) atoms. The first-order chi connectivity index (χ1) is 9.97. The SMILES string of the molecule is NCc1cc(C(F)(F)F)ccc1N(CCO)C1CCCC1. The zero-order valence-electron chi connectivity index (χ0n) is 11.9. The Labute approximate surface area is 122 Å². The summed E-state index contributed by atoms with van der Waals surface area (Å²) in [5, 5.41) is 9.25. The number of rotatable bonds is 5. The van der Waals surface area contributed by atoms with Gasteiger partial charge in [0, 0.05) is 24.8 Å². The fraction of sp³-hybridized carbons (Fsp3) is 0.600. The van der Waals surface area contributed by atoms with Gasteiger partial charge in [0.15, 0.2) is 0 Å². The summed E-state index contributed by atoms with van der Waals surface area (Å²) in [6.07, 6.45) is -0.121. The summed E-state index contributed by atoms with van der Waals surface area (Å²) in [6, 6.07) is 3.97. The van der Waals surface area contributed by atoms with Gasteiger partial charge in [0.25, 0.3) is 0 Å². The van der Waals surface area contributed by atoms with Crippen LogP contribution >= 0.6 is 0 Å². The molecule has 0 aromatic heterocycles. The van der Waals surface area contributed by atoms with E-state index in [0.29, 0.717) is 17.8 Å². The van der Waals surface area contributed by atoms with Crippen LogP contribution in [0, 0.1) is 0 Å². The number of halogens is 3. The Morgan fingerprint density at radius 3 is 2.43 bits per heavy atom. The molecule has 1 aromatic carbocycles. The number of hydrogen-bond donors (Lipinski definition) is 2. The van der Waals surface area contributed by atoms with Crippen molar-refractivity contribution in [2.75, 3.05) is 18.1 Å². The molecule has 1 aliphatic carbocycles. The normalized spacial score (nSPS) is 16.4. The standard InChI is InChI=1S/C15H21F3N2O/c16-15(17,18)12-5-6-14(11(9-12)10-19)20(7-8-21)13-3-1-2-4-13/h5-6,9,13,21H,1-4,7-8,10,19H2. The molecule has 3 nitrogen and oxygen atoms in total. The van der Waals surface area contributed by atoms with E-state index >= 15 is 0 Å². The van der Waals surface area contributed by atoms with E-state index in [1.807, 2.05) is 4.90 Å². The molecule has 2 rings (SSSR count). The Morgan fingerprint density at radius 1 is 1.24 bits per heavy atom. The molecule has 1 fully saturated rings. The second-order valence-electron chi connectivity index (χ2n) is 5.40. The topological polar surface area (TPSA) is 49.5 Å². The van der Waals surface area contributed by atoms with Crippen LogP contribution in [0.15, 0.2) is 18.2 Å². The van der Waals surface area contributed by atoms with Gasteiger partial charge in [-0.2, -0.15) is 13.2 Å². The fourth-order valence-corrected chi connectivity index (χ4v) is 3.03. The van der Waals surface area contributed by atoms with Crippen molar-refractivity contribution in [3.63, 3.8) is 0 Å². The Kier molecular flexibility index (Phi) is 5.11. The highest BCUT2D eigenvalue weighted by Gasteiger charge is 2.32. The second kappa shape index (κ2) is 6.66. The molecular weight excluding hydrogens is 281 g/mol. The highest BCUT2D eigenvalue weighted by atomic mass is 19.4. The molecule has 0 spiro atoms. The summed E-state index contributed by atoms with van der Waals surface area (Å²) in [4.78, 5) is 2.01. The first kappa shape index (κ1) is 16.1. The molecule has 1 saturated carbocycles. The van der Waals surface area contributed by atoms with Crippen molar-refractivity contribution in [2.24, 2.45) is 5.73 Å². The van der Waals surface area contributed by atoms with E-state index < -0.39 is 11.7 Å². The van der Waals surface area contributed by atoms with Crippen LogP contribution in [0.4, 0.5) is 18.9 Å². The van der Waals surface area contributed by atoms with E-state index in [1.54, 1.807) is 0 Å². The zero-order valence-corrected chi connectivity index (χ0v) is 11.9. The molecule has 0 atom stereocenters. The van der Waals surface area contributed by atoms with Crippen molar-refractivity contribution in [3.8, 4) is 0 Å². The number of nitrogens with zero attached hydrogens (tertiary/aromatic N) is 1. The number of aliphatic hydroxyl groups excluding tert-OH is 1. The smallest absolute Gasteiger partial charge is 0.395 e. The van der Waals surface area contributed by atoms with Gasteiger partial charge in [-0.15, -0.1) is 0 Å². The first-order valence-electron chi connectivity index (χ1n) is 7.25. The van der Waals surface area contributed by atoms with Gasteiger partial charge in [-0.05, 0) is 36.6 Å². The van der Waals surface area contributed by atoms with Crippen molar-refractivity contribution in [1.29, 1.82) is 0 Å². The van der Waals surface area contributed by atoms with Gasteiger partial charge in [0.05, 0.1) is 12.2 Å². The zero-order chi connectivity index (χ0) is 15.5. The van der Waals surface area contributed by atoms with Crippen LogP contribution in [-0.2, 0) is 12.7 Å². The predicted octanol–water partition coefficient (Wildman–Crippen LogP) is 2.91. The first-order valence-corrected chi connectivity index (χ1v) is 7.25. The largest absolute Gasteiger partial charge is 0.416 e. The molecule has 1 aromatic rings. The van der Waals surface area contributed by atoms with Crippen LogP contribution in [-0.4, -0.2) is 24.3 Å². The lowest BCUT2D eigenvalue weighted by molar-refractivity contribution is -0.137. The summed E-state index contributed by atoms with van der Waals surface area (Å²) in [5.41, 5.74) is 6.15. The molecule has 0 unspecified atom stereocenters. The maximum Gasteiger partial charge on any atom is 0.416 e. The Balaban J connectivity index is 2.35. The van der Waals surface area contributed by atoms with Crippen molar-refractivity contribution in [1.82, 2.24) is 0 Å². The minimum atomic E-state index is -4.36. The average molecular weight is 302 g/mol. The third-order valence-corrected chi connectivity index (χ3v) is 4.04. The number of nitrogens with two attached hydrogens (primary N) is 1. The van der Waals surface area contributed by atoms with Gasteiger partial charge in [0.1, 0.15) is 0 Å². The van der Waals surface area contributed by atoms with E-state index in [9.17, 15) is 18.3 Å². The molecule has 0 amide bonds. The number of hydrogen-bond acceptors (Lipinski definition) is 3. The van der Waals surface area contributed by atoms with Gasteiger partial charge >= 0.3 is 6.18 Å². The molecule has 118 valence electrons. The summed E-state index contributed by atoms with van der Waals surface area (Å²) in [5.74, 6) is 0. The average Bonchev–Trinajstić information content (AvgIpc) is 2.97. The number of benzene rings is 1. The second-order valence-corrected chi connectivity index (χ2v) is 5.40. The summed E-state index contributed by atoms with van der Waals surface area (Å²) >= 11 is 0. The number of aliphatic hydroxyl groups is 1. The molecule has 0 saturated heterocycles. The van der Waals surface area contributed by atoms with Crippen LogP contribution < -0.4 is 10.6 Å². The minimum absolute atomic E-state index is 0.0263. The summed E-state index contributed by atoms with van der Waals surface area (Å²) in [7, 11) is 0. The Bertz CT molecular complexity index is 470. The Hall–Kier alpha value is -1.27. The van der Waals surface area contributed by atoms with Gasteiger partial charge in [0.2, 0.25) is 0 Å². The molecule has 0 heterocycles. The van der Waals surface area contributed by atoms with Crippen LogP contribution in [0.5, 0.6) is 0 Å². The minimum Gasteiger partial charge on any atom is -0.395 e. The van der Waals surface area contributed by atoms with Crippen molar-refractivity contribution < 1.29 is 18.3 Å². The lowest BCUT2D eigenvalue weighted by atomic mass is 10.0. The van der Waals surface area contributed by atoms with Crippen molar-refractivity contribution in [3.05, 3.63) is 29.3 Å². The highest BCUT2D eigenvalue weighted by molar-refractivity contribution is 5.56. The molecular formula is C15H21F3N2O. The van der Waals surface area contributed by atoms with Gasteiger partial charge in [-0.1, -0.05) is 12.8 Å². The summed E-state index contributed by atoms with van der Waals surface area (Å²) < 4.78 is 38.4. The van der Waals surface area contributed by atoms with E-state index in [2.05, 4.69) is 0 Å².